The van der Waals surface area contributed by atoms with Crippen molar-refractivity contribution < 1.29 is 4.79 Å². The Balaban J connectivity index is 1.87. The summed E-state index contributed by atoms with van der Waals surface area (Å²) in [6.45, 7) is 1.84. The molecule has 2 aromatic heterocycles. The molecule has 116 valence electrons. The van der Waals surface area contributed by atoms with E-state index in [9.17, 15) is 9.59 Å². The van der Waals surface area contributed by atoms with Crippen LogP contribution in [0.25, 0.3) is 5.69 Å². The second-order valence-electron chi connectivity index (χ2n) is 4.97. The summed E-state index contributed by atoms with van der Waals surface area (Å²) >= 11 is 0. The number of carbonyl (C=O) groups excluding carboxylic acids is 1. The molecule has 2 heterocycles. The molecular formula is C16H15N5O2. The molecule has 0 saturated carbocycles. The number of nitrogens with zero attached hydrogens (tertiary/aromatic N) is 3. The quantitative estimate of drug-likeness (QED) is 0.763. The van der Waals surface area contributed by atoms with E-state index in [0.29, 0.717) is 0 Å². The molecular weight excluding hydrogens is 294 g/mol. The summed E-state index contributed by atoms with van der Waals surface area (Å²) < 4.78 is 1.73. The van der Waals surface area contributed by atoms with Gasteiger partial charge in [-0.05, 0) is 24.6 Å². The van der Waals surface area contributed by atoms with Crippen LogP contribution in [-0.4, -0.2) is 25.7 Å². The van der Waals surface area contributed by atoms with Crippen LogP contribution in [0.5, 0.6) is 0 Å². The number of para-hydroxylation sites is 1. The zero-order valence-corrected chi connectivity index (χ0v) is 12.4. The van der Waals surface area contributed by atoms with Crippen molar-refractivity contribution in [2.45, 2.75) is 13.0 Å². The second kappa shape index (κ2) is 6.27. The van der Waals surface area contributed by atoms with Gasteiger partial charge in [0.05, 0.1) is 11.7 Å². The van der Waals surface area contributed by atoms with Crippen molar-refractivity contribution in [2.24, 2.45) is 0 Å². The zero-order chi connectivity index (χ0) is 16.2. The molecule has 0 fully saturated rings. The molecule has 1 atom stereocenters. The van der Waals surface area contributed by atoms with E-state index < -0.39 is 11.5 Å². The fraction of sp³-hybridized carbons (Fsp3) is 0.125. The maximum absolute atomic E-state index is 12.2. The van der Waals surface area contributed by atoms with E-state index in [1.165, 1.54) is 12.4 Å². The molecule has 0 bridgehead atoms. The van der Waals surface area contributed by atoms with Crippen molar-refractivity contribution >= 4 is 5.91 Å². The minimum atomic E-state index is -0.519. The van der Waals surface area contributed by atoms with Crippen LogP contribution in [0.4, 0.5) is 0 Å². The average Bonchev–Trinajstić information content (AvgIpc) is 3.09. The predicted octanol–water partition coefficient (Wildman–Crippen LogP) is 1.45. The number of benzene rings is 1. The van der Waals surface area contributed by atoms with Crippen LogP contribution < -0.4 is 10.9 Å². The first-order chi connectivity index (χ1) is 11.2. The van der Waals surface area contributed by atoms with Gasteiger partial charge in [-0.15, -0.1) is 0 Å². The summed E-state index contributed by atoms with van der Waals surface area (Å²) in [5, 5.41) is 7.01. The highest BCUT2D eigenvalue weighted by atomic mass is 16.2. The molecule has 1 unspecified atom stereocenters. The summed E-state index contributed by atoms with van der Waals surface area (Å²) in [6, 6.07) is 9.12. The molecule has 7 heteroatoms. The van der Waals surface area contributed by atoms with Crippen molar-refractivity contribution in [2.75, 3.05) is 0 Å². The molecule has 0 aliphatic carbocycles. The Kier molecular flexibility index (Phi) is 4.01. The van der Waals surface area contributed by atoms with Gasteiger partial charge in [-0.1, -0.05) is 18.2 Å². The van der Waals surface area contributed by atoms with E-state index in [0.717, 1.165) is 11.3 Å². The highest BCUT2D eigenvalue weighted by Crippen LogP contribution is 2.21. The van der Waals surface area contributed by atoms with Crippen molar-refractivity contribution in [3.05, 3.63) is 76.7 Å². The normalized spacial score (nSPS) is 11.9. The Bertz CT molecular complexity index is 870. The number of nitrogens with one attached hydrogen (secondary N) is 2. The summed E-state index contributed by atoms with van der Waals surface area (Å²) in [5.41, 5.74) is 1.07. The van der Waals surface area contributed by atoms with E-state index in [1.54, 1.807) is 10.9 Å². The molecule has 7 nitrogen and oxygen atoms in total. The van der Waals surface area contributed by atoms with Gasteiger partial charge in [0, 0.05) is 24.8 Å². The van der Waals surface area contributed by atoms with Gasteiger partial charge in [-0.25, -0.2) is 9.67 Å². The van der Waals surface area contributed by atoms with E-state index in [2.05, 4.69) is 20.4 Å². The number of aromatic amines is 1. The van der Waals surface area contributed by atoms with Crippen LogP contribution in [0, 0.1) is 0 Å². The number of aromatic nitrogens is 4. The summed E-state index contributed by atoms with van der Waals surface area (Å²) in [6.07, 6.45) is 6.28. The highest BCUT2D eigenvalue weighted by Gasteiger charge is 2.18. The third kappa shape index (κ3) is 3.03. The fourth-order valence-corrected chi connectivity index (χ4v) is 2.33. The number of H-pyrrole nitrogens is 1. The van der Waals surface area contributed by atoms with Crippen LogP contribution in [-0.2, 0) is 0 Å². The molecule has 3 aromatic rings. The van der Waals surface area contributed by atoms with Gasteiger partial charge in [0.2, 0.25) is 0 Å². The van der Waals surface area contributed by atoms with Crippen LogP contribution >= 0.6 is 0 Å². The SMILES string of the molecule is CC(NC(=O)c1ncc[nH]c1=O)c1ccccc1-n1cccn1. The van der Waals surface area contributed by atoms with Gasteiger partial charge in [-0.3, -0.25) is 9.59 Å². The highest BCUT2D eigenvalue weighted by molar-refractivity contribution is 5.92. The lowest BCUT2D eigenvalue weighted by atomic mass is 10.1. The van der Waals surface area contributed by atoms with E-state index in [-0.39, 0.29) is 11.7 Å². The fourth-order valence-electron chi connectivity index (χ4n) is 2.33. The molecule has 0 aliphatic rings. The molecule has 23 heavy (non-hydrogen) atoms. The van der Waals surface area contributed by atoms with Crippen molar-refractivity contribution in [1.29, 1.82) is 0 Å². The minimum Gasteiger partial charge on any atom is -0.344 e. The maximum atomic E-state index is 12.2. The standard InChI is InChI=1S/C16H15N5O2/c1-11(20-16(23)14-15(22)18-9-8-17-14)12-5-2-3-6-13(12)21-10-4-7-19-21/h2-11H,1H3,(H,18,22)(H,20,23). The van der Waals surface area contributed by atoms with Crippen molar-refractivity contribution in [3.63, 3.8) is 0 Å². The zero-order valence-electron chi connectivity index (χ0n) is 12.4. The lowest BCUT2D eigenvalue weighted by Gasteiger charge is -2.17. The number of hydrogen-bond donors (Lipinski definition) is 2. The minimum absolute atomic E-state index is 0.157. The Hall–Kier alpha value is -3.22. The molecule has 0 spiro atoms. The number of hydrogen-bond acceptors (Lipinski definition) is 4. The Morgan fingerprint density at radius 2 is 2.09 bits per heavy atom. The Labute approximate surface area is 132 Å². The van der Waals surface area contributed by atoms with Crippen molar-refractivity contribution in [3.8, 4) is 5.69 Å². The maximum Gasteiger partial charge on any atom is 0.279 e. The molecule has 0 aliphatic heterocycles. The third-order valence-corrected chi connectivity index (χ3v) is 3.42. The lowest BCUT2D eigenvalue weighted by Crippen LogP contribution is -2.33. The Morgan fingerprint density at radius 3 is 2.83 bits per heavy atom. The first kappa shape index (κ1) is 14.7. The summed E-state index contributed by atoms with van der Waals surface area (Å²) in [7, 11) is 0. The van der Waals surface area contributed by atoms with Gasteiger partial charge >= 0.3 is 0 Å². The summed E-state index contributed by atoms with van der Waals surface area (Å²) in [4.78, 5) is 30.1. The second-order valence-corrected chi connectivity index (χ2v) is 4.97. The number of amides is 1. The van der Waals surface area contributed by atoms with Crippen LogP contribution in [0.1, 0.15) is 29.0 Å². The van der Waals surface area contributed by atoms with Gasteiger partial charge < -0.3 is 10.3 Å². The third-order valence-electron chi connectivity index (χ3n) is 3.42. The van der Waals surface area contributed by atoms with Gasteiger partial charge in [0.25, 0.3) is 11.5 Å². The van der Waals surface area contributed by atoms with Gasteiger partial charge in [0.1, 0.15) is 0 Å². The summed E-state index contributed by atoms with van der Waals surface area (Å²) in [5.74, 6) is -0.519. The predicted molar refractivity (Wildman–Crippen MR) is 84.3 cm³/mol. The van der Waals surface area contributed by atoms with E-state index >= 15 is 0 Å². The Morgan fingerprint density at radius 1 is 1.26 bits per heavy atom. The van der Waals surface area contributed by atoms with Crippen LogP contribution in [0.3, 0.4) is 0 Å². The lowest BCUT2D eigenvalue weighted by molar-refractivity contribution is 0.0933. The number of rotatable bonds is 4. The smallest absolute Gasteiger partial charge is 0.279 e. The van der Waals surface area contributed by atoms with E-state index in [1.807, 2.05) is 43.5 Å². The molecule has 0 radical (unpaired) electrons. The first-order valence-corrected chi connectivity index (χ1v) is 7.10. The van der Waals surface area contributed by atoms with Crippen LogP contribution in [0.2, 0.25) is 0 Å². The molecule has 3 rings (SSSR count). The van der Waals surface area contributed by atoms with Gasteiger partial charge in [-0.2, -0.15) is 5.10 Å². The topological polar surface area (TPSA) is 92.7 Å². The molecule has 2 N–H and O–H groups in total. The molecule has 1 aromatic carbocycles. The molecule has 1 amide bonds. The largest absolute Gasteiger partial charge is 0.344 e. The van der Waals surface area contributed by atoms with Crippen LogP contribution in [0.15, 0.2) is 59.9 Å². The monoisotopic (exact) mass is 309 g/mol. The molecule has 0 saturated heterocycles. The first-order valence-electron chi connectivity index (χ1n) is 7.10. The van der Waals surface area contributed by atoms with Crippen molar-refractivity contribution in [1.82, 2.24) is 25.1 Å². The average molecular weight is 309 g/mol. The van der Waals surface area contributed by atoms with Gasteiger partial charge in [0.15, 0.2) is 5.69 Å². The van der Waals surface area contributed by atoms with E-state index in [4.69, 9.17) is 0 Å². The number of carbonyl (C=O) groups is 1.